The number of thiophene rings is 1. The average molecular weight is 505 g/mol. The monoisotopic (exact) mass is 504 g/mol. The predicted molar refractivity (Wildman–Crippen MR) is 118 cm³/mol. The van der Waals surface area contributed by atoms with Gasteiger partial charge in [-0.25, -0.2) is 9.18 Å². The third-order valence-corrected chi connectivity index (χ3v) is 6.09. The van der Waals surface area contributed by atoms with Crippen LogP contribution in [0.3, 0.4) is 0 Å². The largest absolute Gasteiger partial charge is 0.481 e. The molecule has 0 saturated carbocycles. The summed E-state index contributed by atoms with van der Waals surface area (Å²) in [7, 11) is 0. The Hall–Kier alpha value is -3.28. The van der Waals surface area contributed by atoms with Crippen LogP contribution in [0.15, 0.2) is 30.3 Å². The molecular weight excluding hydrogens is 480 g/mol. The topological polar surface area (TPSA) is 131 Å². The normalized spacial score (nSPS) is 11.3. The zero-order valence-electron chi connectivity index (χ0n) is 18.6. The molecular formula is C22H24F4N2O5S. The van der Waals surface area contributed by atoms with Gasteiger partial charge >= 0.3 is 18.1 Å². The van der Waals surface area contributed by atoms with Gasteiger partial charge in [0.1, 0.15) is 10.7 Å². The summed E-state index contributed by atoms with van der Waals surface area (Å²) < 4.78 is 51.6. The van der Waals surface area contributed by atoms with Crippen molar-refractivity contribution in [1.82, 2.24) is 0 Å². The summed E-state index contributed by atoms with van der Waals surface area (Å²) in [6.45, 7) is 4.14. The number of Topliss-reactive ketones (excluding diaryl/α,β-unsaturated/α-hetero) is 1. The van der Waals surface area contributed by atoms with E-state index in [4.69, 9.17) is 15.9 Å². The van der Waals surface area contributed by atoms with Gasteiger partial charge in [0, 0.05) is 17.4 Å². The van der Waals surface area contributed by atoms with Gasteiger partial charge in [0.2, 0.25) is 5.78 Å². The van der Waals surface area contributed by atoms with Gasteiger partial charge in [-0.05, 0) is 49.6 Å². The number of ether oxygens (including phenoxy) is 1. The van der Waals surface area contributed by atoms with Crippen molar-refractivity contribution in [1.29, 1.82) is 5.41 Å². The van der Waals surface area contributed by atoms with Gasteiger partial charge in [-0.1, -0.05) is 13.8 Å². The van der Waals surface area contributed by atoms with Gasteiger partial charge in [0.25, 0.3) is 0 Å². The number of halogens is 4. The summed E-state index contributed by atoms with van der Waals surface area (Å²) in [6.07, 6.45) is -3.37. The number of aliphatic carboxylic acids is 1. The van der Waals surface area contributed by atoms with E-state index in [1.54, 1.807) is 12.1 Å². The van der Waals surface area contributed by atoms with Crippen molar-refractivity contribution in [3.8, 4) is 5.75 Å². The van der Waals surface area contributed by atoms with Crippen LogP contribution in [0.4, 0.5) is 17.6 Å². The Kier molecular flexibility index (Phi) is 9.92. The highest BCUT2D eigenvalue weighted by Crippen LogP contribution is 2.34. The molecule has 0 atom stereocenters. The highest BCUT2D eigenvalue weighted by Gasteiger charge is 2.35. The third-order valence-electron chi connectivity index (χ3n) is 5.03. The fourth-order valence-electron chi connectivity index (χ4n) is 2.70. The third kappa shape index (κ3) is 7.65. The first-order valence-electron chi connectivity index (χ1n) is 9.92. The van der Waals surface area contributed by atoms with Crippen LogP contribution < -0.4 is 10.5 Å². The second kappa shape index (κ2) is 11.7. The lowest BCUT2D eigenvalue weighted by Crippen LogP contribution is -2.31. The molecule has 34 heavy (non-hydrogen) atoms. The lowest BCUT2D eigenvalue weighted by Gasteiger charge is -2.25. The van der Waals surface area contributed by atoms with Crippen LogP contribution in [0, 0.1) is 16.6 Å². The smallest absolute Gasteiger partial charge is 0.449 e. The van der Waals surface area contributed by atoms with E-state index in [1.165, 1.54) is 12.1 Å². The summed E-state index contributed by atoms with van der Waals surface area (Å²) in [6, 6.07) is 6.88. The molecule has 4 N–H and O–H groups in total. The van der Waals surface area contributed by atoms with Gasteiger partial charge < -0.3 is 15.6 Å². The van der Waals surface area contributed by atoms with Crippen LogP contribution in [-0.2, 0) is 16.0 Å². The minimum absolute atomic E-state index is 0.190. The second-order valence-electron chi connectivity index (χ2n) is 7.24. The quantitative estimate of drug-likeness (QED) is 0.153. The van der Waals surface area contributed by atoms with Crippen LogP contribution in [0.2, 0.25) is 0 Å². The van der Waals surface area contributed by atoms with E-state index in [-0.39, 0.29) is 22.0 Å². The van der Waals surface area contributed by atoms with E-state index in [1.807, 2.05) is 13.8 Å². The van der Waals surface area contributed by atoms with E-state index >= 15 is 0 Å². The Labute approximate surface area is 197 Å². The molecule has 0 aliphatic heterocycles. The molecule has 7 nitrogen and oxygen atoms in total. The molecule has 12 heteroatoms. The second-order valence-corrected chi connectivity index (χ2v) is 8.41. The molecule has 0 saturated heterocycles. The van der Waals surface area contributed by atoms with Crippen LogP contribution >= 0.6 is 11.3 Å². The number of carboxylic acids is 1. The average Bonchev–Trinajstić information content (AvgIpc) is 3.21. The van der Waals surface area contributed by atoms with E-state index in [9.17, 15) is 37.1 Å². The van der Waals surface area contributed by atoms with Gasteiger partial charge in [-0.2, -0.15) is 13.2 Å². The molecule has 0 radical (unpaired) electrons. The fourth-order valence-corrected chi connectivity index (χ4v) is 3.72. The summed E-state index contributed by atoms with van der Waals surface area (Å²) in [5, 5.41) is 16.8. The molecule has 186 valence electrons. The molecule has 1 aromatic heterocycles. The van der Waals surface area contributed by atoms with Crippen molar-refractivity contribution >= 4 is 34.9 Å². The standard InChI is InChI=1S/C19H21FN2O4S.C3H3F3O/c1-3-19(4-2,18(24)25)10-12-6-8-15(27-12)17(23)26-14-7-5-11(16(21)22)9-13(14)20;1-2(7)3(4,5)6/h5-9H,3-4,10H2,1-2H3,(H3,21,22)(H,24,25);1H3. The highest BCUT2D eigenvalue weighted by molar-refractivity contribution is 7.14. The van der Waals surface area contributed by atoms with Crippen molar-refractivity contribution in [2.75, 3.05) is 0 Å². The fraction of sp³-hybridized carbons (Fsp3) is 0.364. The molecule has 1 heterocycles. The number of carboxylic acid groups (broad SMARTS) is 1. The number of amidine groups is 1. The lowest BCUT2D eigenvalue weighted by atomic mass is 9.79. The number of carbonyl (C=O) groups excluding carboxylic acids is 2. The molecule has 2 aromatic rings. The molecule has 1 aromatic carbocycles. The molecule has 2 rings (SSSR count). The molecule has 0 fully saturated rings. The van der Waals surface area contributed by atoms with Crippen molar-refractivity contribution < 1.29 is 41.8 Å². The van der Waals surface area contributed by atoms with Crippen LogP contribution in [0.25, 0.3) is 0 Å². The first-order valence-corrected chi connectivity index (χ1v) is 10.7. The van der Waals surface area contributed by atoms with E-state index < -0.39 is 35.1 Å². The lowest BCUT2D eigenvalue weighted by molar-refractivity contribution is -0.168. The van der Waals surface area contributed by atoms with Gasteiger partial charge in [0.15, 0.2) is 11.6 Å². The van der Waals surface area contributed by atoms with Gasteiger partial charge in [0.05, 0.1) is 5.41 Å². The molecule has 0 aliphatic carbocycles. The number of esters is 1. The maximum absolute atomic E-state index is 14.0. The minimum Gasteiger partial charge on any atom is -0.481 e. The predicted octanol–water partition coefficient (Wildman–Crippen LogP) is 4.96. The summed E-state index contributed by atoms with van der Waals surface area (Å²) >= 11 is 1.13. The van der Waals surface area contributed by atoms with Crippen molar-refractivity contribution in [3.05, 3.63) is 51.5 Å². The number of hydrogen-bond donors (Lipinski definition) is 3. The number of alkyl halides is 3. The first kappa shape index (κ1) is 28.8. The summed E-state index contributed by atoms with van der Waals surface area (Å²) in [5.74, 6) is -4.69. The van der Waals surface area contributed by atoms with E-state index in [2.05, 4.69) is 0 Å². The number of nitrogens with two attached hydrogens (primary N) is 1. The molecule has 0 amide bonds. The maximum atomic E-state index is 14.0. The van der Waals surface area contributed by atoms with E-state index in [0.29, 0.717) is 26.2 Å². The number of nitrogen functional groups attached to an aromatic ring is 1. The Morgan fingerprint density at radius 3 is 2.09 bits per heavy atom. The number of carbonyl (C=O) groups is 3. The van der Waals surface area contributed by atoms with Crippen molar-refractivity contribution in [2.24, 2.45) is 11.1 Å². The molecule has 0 aliphatic rings. The summed E-state index contributed by atoms with van der Waals surface area (Å²) in [4.78, 5) is 34.3. The van der Waals surface area contributed by atoms with Gasteiger partial charge in [-0.3, -0.25) is 15.0 Å². The number of hydrogen-bond acceptors (Lipinski definition) is 6. The maximum Gasteiger partial charge on any atom is 0.449 e. The number of ketones is 1. The van der Waals surface area contributed by atoms with Crippen LogP contribution in [0.1, 0.15) is 53.7 Å². The Balaban J connectivity index is 0.000000718. The number of rotatable bonds is 8. The van der Waals surface area contributed by atoms with Crippen LogP contribution in [-0.4, -0.2) is 34.8 Å². The highest BCUT2D eigenvalue weighted by atomic mass is 32.1. The Bertz CT molecular complexity index is 1060. The van der Waals surface area contributed by atoms with Crippen LogP contribution in [0.5, 0.6) is 5.75 Å². The number of nitrogens with one attached hydrogen (secondary N) is 1. The van der Waals surface area contributed by atoms with Crippen molar-refractivity contribution in [3.63, 3.8) is 0 Å². The first-order chi connectivity index (χ1) is 15.7. The zero-order valence-corrected chi connectivity index (χ0v) is 19.4. The Morgan fingerprint density at radius 1 is 1.12 bits per heavy atom. The zero-order chi connectivity index (χ0) is 26.3. The summed E-state index contributed by atoms with van der Waals surface area (Å²) in [5.41, 5.74) is 4.61. The SMILES string of the molecule is CC(=O)C(F)(F)F.CCC(CC)(Cc1ccc(C(=O)Oc2ccc(C(=N)N)cc2F)s1)C(=O)O. The number of benzene rings is 1. The minimum atomic E-state index is -4.64. The molecule has 0 spiro atoms. The molecule has 0 unspecified atom stereocenters. The molecule has 0 bridgehead atoms. The van der Waals surface area contributed by atoms with E-state index in [0.717, 1.165) is 22.3 Å². The van der Waals surface area contributed by atoms with Crippen molar-refractivity contribution in [2.45, 2.75) is 46.2 Å². The Morgan fingerprint density at radius 2 is 1.68 bits per heavy atom. The van der Waals surface area contributed by atoms with Gasteiger partial charge in [-0.15, -0.1) is 11.3 Å².